The fourth-order valence-electron chi connectivity index (χ4n) is 0.830. The number of hydrogen-bond donors (Lipinski definition) is 2. The van der Waals surface area contributed by atoms with E-state index in [-0.39, 0.29) is 5.25 Å². The van der Waals surface area contributed by atoms with Gasteiger partial charge in [-0.15, -0.1) is 0 Å². The van der Waals surface area contributed by atoms with Crippen molar-refractivity contribution in [2.45, 2.75) is 25.5 Å². The lowest BCUT2D eigenvalue weighted by atomic mass is 10.1. The number of hydrogen-bond acceptors (Lipinski definition) is 3. The first-order valence-electron chi connectivity index (χ1n) is 4.69. The van der Waals surface area contributed by atoms with Crippen LogP contribution in [0.1, 0.15) is 20.3 Å². The van der Waals surface area contributed by atoms with Crippen LogP contribution >= 0.6 is 0 Å². The van der Waals surface area contributed by atoms with E-state index in [1.165, 1.54) is 6.92 Å². The Labute approximate surface area is 91.7 Å². The molecule has 0 fully saturated rings. The Morgan fingerprint density at radius 2 is 1.93 bits per heavy atom. The van der Waals surface area contributed by atoms with Gasteiger partial charge in [-0.2, -0.15) is 0 Å². The fraction of sp³-hybridized carbons (Fsp3) is 0.778. The summed E-state index contributed by atoms with van der Waals surface area (Å²) in [5.74, 6) is -2.68. The van der Waals surface area contributed by atoms with Crippen molar-refractivity contribution in [3.05, 3.63) is 0 Å². The Morgan fingerprint density at radius 3 is 2.33 bits per heavy atom. The maximum Gasteiger partial charge on any atom is 0.315 e. The summed E-state index contributed by atoms with van der Waals surface area (Å²) >= 11 is 0. The lowest BCUT2D eigenvalue weighted by Gasteiger charge is -2.10. The van der Waals surface area contributed by atoms with Gasteiger partial charge in [-0.3, -0.25) is 13.8 Å². The SMILES string of the molecule is CC(C(=O)O)C(=O)NCCC(C)S(C)=O. The molecule has 0 aliphatic carbocycles. The van der Waals surface area contributed by atoms with Gasteiger partial charge in [-0.05, 0) is 13.3 Å². The molecule has 1 amide bonds. The van der Waals surface area contributed by atoms with Gasteiger partial charge in [0.05, 0.1) is 0 Å². The number of nitrogens with one attached hydrogen (secondary N) is 1. The van der Waals surface area contributed by atoms with E-state index in [4.69, 9.17) is 5.11 Å². The topological polar surface area (TPSA) is 83.5 Å². The van der Waals surface area contributed by atoms with Crippen LogP contribution in [0.15, 0.2) is 0 Å². The van der Waals surface area contributed by atoms with Gasteiger partial charge in [-0.25, -0.2) is 0 Å². The summed E-state index contributed by atoms with van der Waals surface area (Å²) in [5.41, 5.74) is 0. The number of aliphatic carboxylic acids is 1. The number of carbonyl (C=O) groups is 2. The van der Waals surface area contributed by atoms with E-state index in [2.05, 4.69) is 5.32 Å². The fourth-order valence-corrected chi connectivity index (χ4v) is 1.28. The van der Waals surface area contributed by atoms with Crippen LogP contribution in [0.25, 0.3) is 0 Å². The number of carbonyl (C=O) groups excluding carboxylic acids is 1. The van der Waals surface area contributed by atoms with Crippen molar-refractivity contribution < 1.29 is 18.9 Å². The van der Waals surface area contributed by atoms with Gasteiger partial charge >= 0.3 is 5.97 Å². The smallest absolute Gasteiger partial charge is 0.315 e. The highest BCUT2D eigenvalue weighted by atomic mass is 32.2. The third-order valence-corrected chi connectivity index (χ3v) is 3.55. The van der Waals surface area contributed by atoms with Gasteiger partial charge in [0.2, 0.25) is 5.91 Å². The molecule has 0 heterocycles. The van der Waals surface area contributed by atoms with Crippen molar-refractivity contribution in [1.82, 2.24) is 5.32 Å². The normalized spacial score (nSPS) is 16.5. The zero-order valence-corrected chi connectivity index (χ0v) is 9.97. The molecule has 0 aliphatic rings. The van der Waals surface area contributed by atoms with Crippen molar-refractivity contribution >= 4 is 22.7 Å². The van der Waals surface area contributed by atoms with E-state index in [0.717, 1.165) is 0 Å². The van der Waals surface area contributed by atoms with Gasteiger partial charge in [0.25, 0.3) is 0 Å². The van der Waals surface area contributed by atoms with Gasteiger partial charge in [0, 0.05) is 28.9 Å². The molecule has 0 saturated carbocycles. The minimum Gasteiger partial charge on any atom is -0.481 e. The van der Waals surface area contributed by atoms with Crippen LogP contribution in [0, 0.1) is 5.92 Å². The standard InChI is InChI=1S/C9H17NO4S/c1-6(15(3)14)4-5-10-8(11)7(2)9(12)13/h6-7H,4-5H2,1-3H3,(H,10,11)(H,12,13). The zero-order chi connectivity index (χ0) is 12.0. The monoisotopic (exact) mass is 235 g/mol. The second-order valence-electron chi connectivity index (χ2n) is 3.45. The molecule has 5 nitrogen and oxygen atoms in total. The van der Waals surface area contributed by atoms with Crippen molar-refractivity contribution in [3.8, 4) is 0 Å². The summed E-state index contributed by atoms with van der Waals surface area (Å²) in [6, 6.07) is 0. The molecule has 0 spiro atoms. The molecule has 3 atom stereocenters. The predicted octanol–water partition coefficient (Wildman–Crippen LogP) is -0.0196. The molecule has 88 valence electrons. The molecule has 0 bridgehead atoms. The van der Waals surface area contributed by atoms with E-state index in [1.54, 1.807) is 6.26 Å². The number of carboxylic acids is 1. The van der Waals surface area contributed by atoms with Gasteiger partial charge in [0.15, 0.2) is 0 Å². The predicted molar refractivity (Wildman–Crippen MR) is 58.0 cm³/mol. The Morgan fingerprint density at radius 1 is 1.40 bits per heavy atom. The molecule has 15 heavy (non-hydrogen) atoms. The summed E-state index contributed by atoms with van der Waals surface area (Å²) in [6.45, 7) is 3.51. The first-order chi connectivity index (χ1) is 6.86. The lowest BCUT2D eigenvalue weighted by molar-refractivity contribution is -0.146. The minimum absolute atomic E-state index is 0.00503. The van der Waals surface area contributed by atoms with Crippen LogP contribution in [0.4, 0.5) is 0 Å². The van der Waals surface area contributed by atoms with E-state index in [0.29, 0.717) is 13.0 Å². The average Bonchev–Trinajstić information content (AvgIpc) is 2.15. The summed E-state index contributed by atoms with van der Waals surface area (Å²) in [7, 11) is -0.912. The van der Waals surface area contributed by atoms with E-state index in [1.807, 2.05) is 6.92 Å². The van der Waals surface area contributed by atoms with Crippen LogP contribution in [-0.2, 0) is 20.4 Å². The summed E-state index contributed by atoms with van der Waals surface area (Å²) in [4.78, 5) is 21.6. The quantitative estimate of drug-likeness (QED) is 0.634. The Bertz CT molecular complexity index is 267. The molecule has 6 heteroatoms. The highest BCUT2D eigenvalue weighted by Gasteiger charge is 2.19. The third kappa shape index (κ3) is 5.51. The molecule has 3 unspecified atom stereocenters. The largest absolute Gasteiger partial charge is 0.481 e. The van der Waals surface area contributed by atoms with E-state index in [9.17, 15) is 13.8 Å². The maximum absolute atomic E-state index is 11.2. The van der Waals surface area contributed by atoms with Crippen LogP contribution in [-0.4, -0.2) is 39.2 Å². The molecule has 0 aliphatic heterocycles. The molecular formula is C9H17NO4S. The zero-order valence-electron chi connectivity index (χ0n) is 9.15. The number of rotatable bonds is 6. The van der Waals surface area contributed by atoms with Crippen LogP contribution in [0.5, 0.6) is 0 Å². The Balaban J connectivity index is 3.82. The Kier molecular flexibility index (Phi) is 6.15. The van der Waals surface area contributed by atoms with Crippen molar-refractivity contribution in [2.75, 3.05) is 12.8 Å². The Hall–Kier alpha value is -0.910. The molecule has 0 aromatic heterocycles. The van der Waals surface area contributed by atoms with Crippen molar-refractivity contribution in [3.63, 3.8) is 0 Å². The van der Waals surface area contributed by atoms with Crippen LogP contribution in [0.3, 0.4) is 0 Å². The second kappa shape index (κ2) is 6.55. The minimum atomic E-state index is -1.14. The van der Waals surface area contributed by atoms with Crippen molar-refractivity contribution in [2.24, 2.45) is 5.92 Å². The van der Waals surface area contributed by atoms with Gasteiger partial charge in [-0.1, -0.05) is 6.92 Å². The van der Waals surface area contributed by atoms with Gasteiger partial charge < -0.3 is 10.4 Å². The van der Waals surface area contributed by atoms with E-state index >= 15 is 0 Å². The average molecular weight is 235 g/mol. The molecule has 0 aromatic carbocycles. The molecule has 0 aromatic rings. The molecule has 0 rings (SSSR count). The molecule has 2 N–H and O–H groups in total. The molecule has 0 radical (unpaired) electrons. The van der Waals surface area contributed by atoms with Gasteiger partial charge in [0.1, 0.15) is 5.92 Å². The van der Waals surface area contributed by atoms with Crippen LogP contribution in [0.2, 0.25) is 0 Å². The highest BCUT2D eigenvalue weighted by molar-refractivity contribution is 7.84. The van der Waals surface area contributed by atoms with Crippen LogP contribution < -0.4 is 5.32 Å². The molecule has 0 saturated heterocycles. The number of carboxylic acid groups (broad SMARTS) is 1. The third-order valence-electron chi connectivity index (χ3n) is 2.18. The summed E-state index contributed by atoms with van der Waals surface area (Å²) < 4.78 is 11.0. The van der Waals surface area contributed by atoms with Crippen molar-refractivity contribution in [1.29, 1.82) is 0 Å². The molecular weight excluding hydrogens is 218 g/mol. The first-order valence-corrected chi connectivity index (χ1v) is 6.31. The number of amides is 1. The highest BCUT2D eigenvalue weighted by Crippen LogP contribution is 1.99. The maximum atomic E-state index is 11.2. The first kappa shape index (κ1) is 14.1. The summed E-state index contributed by atoms with van der Waals surface area (Å²) in [5, 5.41) is 11.0. The lowest BCUT2D eigenvalue weighted by Crippen LogP contribution is -2.35. The summed E-state index contributed by atoms with van der Waals surface area (Å²) in [6.07, 6.45) is 2.19. The van der Waals surface area contributed by atoms with E-state index < -0.39 is 28.6 Å². The second-order valence-corrected chi connectivity index (χ2v) is 5.25.